The normalized spacial score (nSPS) is 20.5. The van der Waals surface area contributed by atoms with Gasteiger partial charge in [0.25, 0.3) is 5.91 Å². The molecule has 5 rings (SSSR count). The molecule has 0 bridgehead atoms. The van der Waals surface area contributed by atoms with Crippen molar-refractivity contribution in [1.82, 2.24) is 5.32 Å². The van der Waals surface area contributed by atoms with E-state index in [0.29, 0.717) is 18.0 Å². The third-order valence-electron chi connectivity index (χ3n) is 5.52. The summed E-state index contributed by atoms with van der Waals surface area (Å²) < 4.78 is 11.1. The Balaban J connectivity index is 1.74. The van der Waals surface area contributed by atoms with Crippen molar-refractivity contribution in [3.8, 4) is 11.5 Å². The van der Waals surface area contributed by atoms with Crippen molar-refractivity contribution in [2.45, 2.75) is 19.9 Å². The minimum absolute atomic E-state index is 0.0595. The van der Waals surface area contributed by atoms with E-state index in [2.05, 4.69) is 24.2 Å². The first kappa shape index (κ1) is 17.8. The van der Waals surface area contributed by atoms with E-state index in [1.54, 1.807) is 0 Å². The van der Waals surface area contributed by atoms with Crippen molar-refractivity contribution in [2.24, 2.45) is 10.9 Å². The Morgan fingerprint density at radius 1 is 1.10 bits per heavy atom. The van der Waals surface area contributed by atoms with E-state index in [-0.39, 0.29) is 24.7 Å². The molecule has 6 nitrogen and oxygen atoms in total. The Morgan fingerprint density at radius 3 is 2.69 bits per heavy atom. The second kappa shape index (κ2) is 6.95. The number of hydrogen-bond acceptors (Lipinski definition) is 5. The summed E-state index contributed by atoms with van der Waals surface area (Å²) in [5.41, 5.74) is 4.44. The molecule has 3 heterocycles. The smallest absolute Gasteiger partial charge is 0.277 e. The van der Waals surface area contributed by atoms with Crippen molar-refractivity contribution >= 4 is 17.3 Å². The number of anilines is 1. The van der Waals surface area contributed by atoms with Gasteiger partial charge in [0.1, 0.15) is 5.71 Å². The van der Waals surface area contributed by atoms with Gasteiger partial charge in [0.2, 0.25) is 6.79 Å². The van der Waals surface area contributed by atoms with Crippen molar-refractivity contribution in [1.29, 1.82) is 0 Å². The molecule has 1 atom stereocenters. The molecule has 1 fully saturated rings. The number of nitrogens with zero attached hydrogens (tertiary/aromatic N) is 2. The molecule has 3 aliphatic heterocycles. The van der Waals surface area contributed by atoms with Crippen LogP contribution >= 0.6 is 0 Å². The van der Waals surface area contributed by atoms with Gasteiger partial charge in [0.05, 0.1) is 12.6 Å². The quantitative estimate of drug-likeness (QED) is 0.873. The van der Waals surface area contributed by atoms with Crippen LogP contribution in [0, 0.1) is 5.92 Å². The van der Waals surface area contributed by atoms with Gasteiger partial charge in [-0.15, -0.1) is 0 Å². The lowest BCUT2D eigenvalue weighted by Gasteiger charge is -2.27. The molecule has 6 heteroatoms. The number of aliphatic imine (C=N–C) groups is 1. The van der Waals surface area contributed by atoms with Gasteiger partial charge in [-0.3, -0.25) is 14.7 Å². The van der Waals surface area contributed by atoms with E-state index in [1.165, 1.54) is 0 Å². The van der Waals surface area contributed by atoms with E-state index >= 15 is 0 Å². The predicted molar refractivity (Wildman–Crippen MR) is 111 cm³/mol. The van der Waals surface area contributed by atoms with Crippen LogP contribution in [0.1, 0.15) is 25.5 Å². The first-order valence-corrected chi connectivity index (χ1v) is 9.96. The minimum atomic E-state index is -0.277. The highest BCUT2D eigenvalue weighted by atomic mass is 16.7. The van der Waals surface area contributed by atoms with Crippen molar-refractivity contribution < 1.29 is 14.3 Å². The van der Waals surface area contributed by atoms with Crippen molar-refractivity contribution in [2.75, 3.05) is 24.8 Å². The monoisotopic (exact) mass is 389 g/mol. The molecule has 1 saturated heterocycles. The van der Waals surface area contributed by atoms with E-state index in [1.807, 2.05) is 53.4 Å². The highest BCUT2D eigenvalue weighted by Crippen LogP contribution is 2.45. The molecule has 0 aromatic heterocycles. The largest absolute Gasteiger partial charge is 0.454 e. The summed E-state index contributed by atoms with van der Waals surface area (Å²) in [4.78, 5) is 20.1. The summed E-state index contributed by atoms with van der Waals surface area (Å²) in [5.74, 6) is 1.63. The first-order valence-electron chi connectivity index (χ1n) is 9.96. The number of rotatable bonds is 3. The Hall–Kier alpha value is -3.28. The van der Waals surface area contributed by atoms with E-state index < -0.39 is 0 Å². The van der Waals surface area contributed by atoms with E-state index in [4.69, 9.17) is 9.47 Å². The number of hydrogen-bond donors (Lipinski definition) is 1. The van der Waals surface area contributed by atoms with Gasteiger partial charge < -0.3 is 14.8 Å². The van der Waals surface area contributed by atoms with Gasteiger partial charge in [0.15, 0.2) is 11.5 Å². The number of allylic oxidation sites excluding steroid dienone is 1. The summed E-state index contributed by atoms with van der Waals surface area (Å²) in [6, 6.07) is 15.4. The van der Waals surface area contributed by atoms with Gasteiger partial charge in [-0.1, -0.05) is 38.1 Å². The Labute approximate surface area is 169 Å². The van der Waals surface area contributed by atoms with Gasteiger partial charge in [0, 0.05) is 23.5 Å². The highest BCUT2D eigenvalue weighted by Gasteiger charge is 2.45. The van der Waals surface area contributed by atoms with Gasteiger partial charge >= 0.3 is 0 Å². The molecule has 0 spiro atoms. The number of amides is 1. The van der Waals surface area contributed by atoms with Crippen molar-refractivity contribution in [3.05, 3.63) is 65.4 Å². The molecule has 2 aromatic rings. The lowest BCUT2D eigenvalue weighted by atomic mass is 9.92. The summed E-state index contributed by atoms with van der Waals surface area (Å²) in [5, 5.41) is 3.53. The molecule has 2 aromatic carbocycles. The maximum Gasteiger partial charge on any atom is 0.277 e. The van der Waals surface area contributed by atoms with Crippen LogP contribution in [0.25, 0.3) is 0 Å². The average molecular weight is 389 g/mol. The van der Waals surface area contributed by atoms with Crippen LogP contribution in [0.5, 0.6) is 11.5 Å². The molecule has 29 heavy (non-hydrogen) atoms. The maximum atomic E-state index is 13.6. The van der Waals surface area contributed by atoms with Crippen LogP contribution in [0.3, 0.4) is 0 Å². The van der Waals surface area contributed by atoms with E-state index in [9.17, 15) is 4.79 Å². The van der Waals surface area contributed by atoms with Gasteiger partial charge in [-0.05, 0) is 35.7 Å². The number of ether oxygens (including phenoxy) is 2. The van der Waals surface area contributed by atoms with Gasteiger partial charge in [-0.2, -0.15) is 0 Å². The van der Waals surface area contributed by atoms with Crippen LogP contribution in [0.2, 0.25) is 0 Å². The molecule has 1 unspecified atom stereocenters. The SMILES string of the molecule is CC(C)C1=C2C(=NCCN1)C(=O)N(c1ccccc1)C2c1ccc2c(c1)OCO2. The number of carbonyl (C=O) groups is 1. The highest BCUT2D eigenvalue weighted by molar-refractivity contribution is 6.53. The number of nitrogens with one attached hydrogen (secondary N) is 1. The predicted octanol–water partition coefficient (Wildman–Crippen LogP) is 3.46. The fourth-order valence-corrected chi connectivity index (χ4v) is 4.26. The number of carbonyl (C=O) groups excluding carboxylic acids is 1. The number of fused-ring (bicyclic) bond motifs is 2. The van der Waals surface area contributed by atoms with Crippen LogP contribution in [0.4, 0.5) is 5.69 Å². The molecule has 1 amide bonds. The zero-order valence-electron chi connectivity index (χ0n) is 16.5. The van der Waals surface area contributed by atoms with Crippen LogP contribution in [-0.4, -0.2) is 31.5 Å². The third-order valence-corrected chi connectivity index (χ3v) is 5.52. The lowest BCUT2D eigenvalue weighted by molar-refractivity contribution is -0.112. The lowest BCUT2D eigenvalue weighted by Crippen LogP contribution is -2.30. The molecule has 0 saturated carbocycles. The molecular weight excluding hydrogens is 366 g/mol. The summed E-state index contributed by atoms with van der Waals surface area (Å²) >= 11 is 0. The molecule has 0 radical (unpaired) electrons. The fraction of sp³-hybridized carbons (Fsp3) is 0.304. The maximum absolute atomic E-state index is 13.6. The van der Waals surface area contributed by atoms with Crippen LogP contribution < -0.4 is 19.7 Å². The van der Waals surface area contributed by atoms with Gasteiger partial charge in [-0.25, -0.2) is 0 Å². The minimum Gasteiger partial charge on any atom is -0.454 e. The average Bonchev–Trinajstić information content (AvgIpc) is 3.22. The summed E-state index contributed by atoms with van der Waals surface area (Å²) in [6.07, 6.45) is 0. The Kier molecular flexibility index (Phi) is 4.27. The Morgan fingerprint density at radius 2 is 1.90 bits per heavy atom. The summed E-state index contributed by atoms with van der Waals surface area (Å²) in [6.45, 7) is 5.82. The second-order valence-corrected chi connectivity index (χ2v) is 7.67. The molecule has 148 valence electrons. The number of benzene rings is 2. The molecule has 0 aliphatic carbocycles. The first-order chi connectivity index (χ1) is 14.1. The molecule has 1 N–H and O–H groups in total. The van der Waals surface area contributed by atoms with Crippen molar-refractivity contribution in [3.63, 3.8) is 0 Å². The van der Waals surface area contributed by atoms with Crippen LogP contribution in [-0.2, 0) is 4.79 Å². The fourth-order valence-electron chi connectivity index (χ4n) is 4.26. The molecule has 3 aliphatic rings. The topological polar surface area (TPSA) is 63.2 Å². The number of para-hydroxylation sites is 1. The summed E-state index contributed by atoms with van der Waals surface area (Å²) in [7, 11) is 0. The Bertz CT molecular complexity index is 1030. The zero-order chi connectivity index (χ0) is 20.0. The third kappa shape index (κ3) is 2.87. The molecular formula is C23H23N3O3. The van der Waals surface area contributed by atoms with E-state index in [0.717, 1.165) is 34.8 Å². The standard InChI is InChI=1S/C23H23N3O3/c1-14(2)20-19-21(25-11-10-24-20)23(27)26(16-6-4-3-5-7-16)22(19)15-8-9-17-18(12-15)29-13-28-17/h3-9,12,14,22,24H,10-11,13H2,1-2H3. The zero-order valence-corrected chi connectivity index (χ0v) is 16.5. The van der Waals surface area contributed by atoms with Crippen LogP contribution in [0.15, 0.2) is 64.8 Å². The second-order valence-electron chi connectivity index (χ2n) is 7.67.